The SMILES string of the molecule is CCCCN(C(=O)COC(=O)C1CC(=O)N(c2cccc(OC)c2)C1)C1CCS(=O)(=O)C1. The minimum absolute atomic E-state index is 0.00461. The number of methoxy groups -OCH3 is 1. The molecule has 0 radical (unpaired) electrons. The third-order valence-corrected chi connectivity index (χ3v) is 7.63. The van der Waals surface area contributed by atoms with Crippen molar-refractivity contribution >= 4 is 33.3 Å². The summed E-state index contributed by atoms with van der Waals surface area (Å²) >= 11 is 0. The van der Waals surface area contributed by atoms with E-state index in [1.807, 2.05) is 6.92 Å². The van der Waals surface area contributed by atoms with Gasteiger partial charge < -0.3 is 19.3 Å². The summed E-state index contributed by atoms with van der Waals surface area (Å²) in [6.45, 7) is 2.13. The van der Waals surface area contributed by atoms with Crippen molar-refractivity contribution < 1.29 is 32.3 Å². The molecule has 9 nitrogen and oxygen atoms in total. The Balaban J connectivity index is 1.57. The van der Waals surface area contributed by atoms with Crippen LogP contribution < -0.4 is 9.64 Å². The summed E-state index contributed by atoms with van der Waals surface area (Å²) in [5, 5.41) is 0. The average molecular weight is 467 g/mol. The van der Waals surface area contributed by atoms with E-state index < -0.39 is 34.2 Å². The number of hydrogen-bond acceptors (Lipinski definition) is 7. The summed E-state index contributed by atoms with van der Waals surface area (Å²) in [7, 11) is -1.61. The molecular formula is C22H30N2O7S. The highest BCUT2D eigenvalue weighted by molar-refractivity contribution is 7.91. The number of anilines is 1. The van der Waals surface area contributed by atoms with Gasteiger partial charge in [-0.15, -0.1) is 0 Å². The van der Waals surface area contributed by atoms with Gasteiger partial charge in [-0.25, -0.2) is 8.42 Å². The molecule has 2 unspecified atom stereocenters. The normalized spacial score (nSPS) is 22.1. The van der Waals surface area contributed by atoms with Gasteiger partial charge in [-0.3, -0.25) is 14.4 Å². The summed E-state index contributed by atoms with van der Waals surface area (Å²) in [5.41, 5.74) is 0.633. The molecule has 176 valence electrons. The summed E-state index contributed by atoms with van der Waals surface area (Å²) in [5.74, 6) is -1.26. The van der Waals surface area contributed by atoms with Crippen LogP contribution in [0.3, 0.4) is 0 Å². The molecule has 0 aliphatic carbocycles. The standard InChI is InChI=1S/C22H30N2O7S/c1-3-4-9-23(18-8-10-32(28,29)15-18)21(26)14-31-22(27)16-11-20(25)24(13-16)17-6-5-7-19(12-17)30-2/h5-7,12,16,18H,3-4,8-11,13-15H2,1-2H3. The van der Waals surface area contributed by atoms with Gasteiger partial charge in [0, 0.05) is 37.3 Å². The highest BCUT2D eigenvalue weighted by Crippen LogP contribution is 2.28. The van der Waals surface area contributed by atoms with Crippen LogP contribution in [0.15, 0.2) is 24.3 Å². The van der Waals surface area contributed by atoms with E-state index >= 15 is 0 Å². The van der Waals surface area contributed by atoms with E-state index in [0.29, 0.717) is 24.4 Å². The zero-order valence-corrected chi connectivity index (χ0v) is 19.3. The van der Waals surface area contributed by atoms with Crippen molar-refractivity contribution in [3.8, 4) is 5.75 Å². The van der Waals surface area contributed by atoms with E-state index in [1.54, 1.807) is 24.3 Å². The number of carbonyl (C=O) groups excluding carboxylic acids is 3. The van der Waals surface area contributed by atoms with Gasteiger partial charge in [-0.2, -0.15) is 0 Å². The second-order valence-electron chi connectivity index (χ2n) is 8.21. The molecule has 0 aromatic heterocycles. The molecule has 3 rings (SSSR count). The van der Waals surface area contributed by atoms with Crippen molar-refractivity contribution in [1.29, 1.82) is 0 Å². The third kappa shape index (κ3) is 5.79. The Kier molecular flexibility index (Phi) is 7.76. The molecule has 2 saturated heterocycles. The van der Waals surface area contributed by atoms with Gasteiger partial charge in [0.2, 0.25) is 5.91 Å². The van der Waals surface area contributed by atoms with Crippen molar-refractivity contribution in [3.05, 3.63) is 24.3 Å². The van der Waals surface area contributed by atoms with Crippen LogP contribution in [0.4, 0.5) is 5.69 Å². The van der Waals surface area contributed by atoms with Gasteiger partial charge >= 0.3 is 5.97 Å². The number of carbonyl (C=O) groups is 3. The smallest absolute Gasteiger partial charge is 0.311 e. The van der Waals surface area contributed by atoms with Crippen molar-refractivity contribution in [2.75, 3.05) is 43.2 Å². The third-order valence-electron chi connectivity index (χ3n) is 5.88. The molecule has 2 fully saturated rings. The average Bonchev–Trinajstić information content (AvgIpc) is 3.34. The first-order valence-electron chi connectivity index (χ1n) is 10.8. The summed E-state index contributed by atoms with van der Waals surface area (Å²) in [6.07, 6.45) is 2.00. The second kappa shape index (κ2) is 10.3. The number of hydrogen-bond donors (Lipinski definition) is 0. The second-order valence-corrected chi connectivity index (χ2v) is 10.4. The van der Waals surface area contributed by atoms with Gasteiger partial charge in [-0.1, -0.05) is 19.4 Å². The monoisotopic (exact) mass is 466 g/mol. The highest BCUT2D eigenvalue weighted by atomic mass is 32.2. The molecule has 10 heteroatoms. The molecule has 2 aliphatic heterocycles. The minimum Gasteiger partial charge on any atom is -0.497 e. The van der Waals surface area contributed by atoms with Gasteiger partial charge in [0.25, 0.3) is 5.91 Å². The fraction of sp³-hybridized carbons (Fsp3) is 0.591. The first kappa shape index (κ1) is 24.0. The number of sulfone groups is 1. The number of amides is 2. The highest BCUT2D eigenvalue weighted by Gasteiger charge is 2.38. The first-order chi connectivity index (χ1) is 15.2. The van der Waals surface area contributed by atoms with Crippen LogP contribution in [0.1, 0.15) is 32.6 Å². The topological polar surface area (TPSA) is 110 Å². The largest absolute Gasteiger partial charge is 0.497 e. The molecule has 0 spiro atoms. The van der Waals surface area contributed by atoms with Crippen molar-refractivity contribution in [2.45, 2.75) is 38.6 Å². The van der Waals surface area contributed by atoms with E-state index in [2.05, 4.69) is 0 Å². The van der Waals surface area contributed by atoms with Crippen LogP contribution in [0, 0.1) is 5.92 Å². The maximum Gasteiger partial charge on any atom is 0.311 e. The Hall–Kier alpha value is -2.62. The molecule has 2 amide bonds. The van der Waals surface area contributed by atoms with E-state index in [9.17, 15) is 22.8 Å². The molecule has 2 aliphatic rings. The summed E-state index contributed by atoms with van der Waals surface area (Å²) in [6, 6.07) is 6.63. The molecule has 32 heavy (non-hydrogen) atoms. The molecule has 0 N–H and O–H groups in total. The summed E-state index contributed by atoms with van der Waals surface area (Å²) in [4.78, 5) is 40.8. The van der Waals surface area contributed by atoms with Crippen LogP contribution in [0.25, 0.3) is 0 Å². The van der Waals surface area contributed by atoms with Gasteiger partial charge in [0.1, 0.15) is 5.75 Å². The Bertz CT molecular complexity index is 963. The Labute approximate surface area is 188 Å². The number of rotatable bonds is 9. The lowest BCUT2D eigenvalue weighted by molar-refractivity contribution is -0.156. The number of benzene rings is 1. The zero-order valence-electron chi connectivity index (χ0n) is 18.5. The van der Waals surface area contributed by atoms with Crippen molar-refractivity contribution in [1.82, 2.24) is 4.90 Å². The molecule has 2 atom stereocenters. The molecule has 0 saturated carbocycles. The van der Waals surface area contributed by atoms with E-state index in [1.165, 1.54) is 16.9 Å². The lowest BCUT2D eigenvalue weighted by Crippen LogP contribution is -2.44. The first-order valence-corrected chi connectivity index (χ1v) is 12.7. The van der Waals surface area contributed by atoms with E-state index in [0.717, 1.165) is 12.8 Å². The molecule has 1 aromatic carbocycles. The van der Waals surface area contributed by atoms with Gasteiger partial charge in [-0.05, 0) is 25.0 Å². The van der Waals surface area contributed by atoms with Crippen molar-refractivity contribution in [3.63, 3.8) is 0 Å². The minimum atomic E-state index is -3.14. The quantitative estimate of drug-likeness (QED) is 0.506. The number of ether oxygens (including phenoxy) is 2. The molecule has 2 heterocycles. The molecule has 0 bridgehead atoms. The lowest BCUT2D eigenvalue weighted by atomic mass is 10.1. The zero-order chi connectivity index (χ0) is 23.3. The van der Waals surface area contributed by atoms with Crippen LogP contribution in [-0.4, -0.2) is 75.5 Å². The van der Waals surface area contributed by atoms with Gasteiger partial charge in [0.05, 0.1) is 24.5 Å². The number of nitrogens with zero attached hydrogens (tertiary/aromatic N) is 2. The Morgan fingerprint density at radius 1 is 1.28 bits per heavy atom. The lowest BCUT2D eigenvalue weighted by Gasteiger charge is -2.28. The van der Waals surface area contributed by atoms with E-state index in [-0.39, 0.29) is 36.4 Å². The fourth-order valence-electron chi connectivity index (χ4n) is 4.09. The Morgan fingerprint density at radius 2 is 2.06 bits per heavy atom. The molecular weight excluding hydrogens is 436 g/mol. The van der Waals surface area contributed by atoms with Crippen LogP contribution >= 0.6 is 0 Å². The maximum atomic E-state index is 12.7. The Morgan fingerprint density at radius 3 is 2.72 bits per heavy atom. The predicted octanol–water partition coefficient (Wildman–Crippen LogP) is 1.41. The summed E-state index contributed by atoms with van der Waals surface area (Å²) < 4.78 is 34.1. The maximum absolute atomic E-state index is 12.7. The van der Waals surface area contributed by atoms with Crippen LogP contribution in [0.5, 0.6) is 5.75 Å². The van der Waals surface area contributed by atoms with E-state index in [4.69, 9.17) is 9.47 Å². The van der Waals surface area contributed by atoms with Gasteiger partial charge in [0.15, 0.2) is 16.4 Å². The van der Waals surface area contributed by atoms with Crippen LogP contribution in [-0.2, 0) is 29.0 Å². The van der Waals surface area contributed by atoms with Crippen LogP contribution in [0.2, 0.25) is 0 Å². The number of unbranched alkanes of at least 4 members (excludes halogenated alkanes) is 1. The molecule has 1 aromatic rings. The fourth-order valence-corrected chi connectivity index (χ4v) is 5.82. The number of esters is 1. The van der Waals surface area contributed by atoms with Crippen molar-refractivity contribution in [2.24, 2.45) is 5.92 Å². The predicted molar refractivity (Wildman–Crippen MR) is 118 cm³/mol.